The standard InChI is InChI=1S/C37H47N3O8/c1-39(2)26-17-23(21-10-9-20(14-21)13-19-7-5-18(6-8-19)11-12-41)31(42)28-24(26)15-22-16-25-30(40(3)4)33(44)29(36(38)47)35(46)37(25,48)34(45)27(22)32(28)43/h9-10,17-19,22,25,27,29-30,41-42,48H,5-8,11-16H2,1-4H3,(H2,38,47)/t18?,19?,22-,25-,27?,29?,30-,37-/m0/s1. The summed E-state index contributed by atoms with van der Waals surface area (Å²) < 4.78 is 0. The topological polar surface area (TPSA) is 179 Å². The summed E-state index contributed by atoms with van der Waals surface area (Å²) in [6.45, 7) is 0.234. The Balaban J connectivity index is 1.32. The van der Waals surface area contributed by atoms with E-state index in [-0.39, 0.29) is 30.8 Å². The van der Waals surface area contributed by atoms with Gasteiger partial charge in [0.2, 0.25) is 5.91 Å². The number of aliphatic hydroxyl groups excluding tert-OH is 1. The van der Waals surface area contributed by atoms with Gasteiger partial charge in [-0.3, -0.25) is 28.9 Å². The van der Waals surface area contributed by atoms with Crippen LogP contribution < -0.4 is 10.6 Å². The lowest BCUT2D eigenvalue weighted by molar-refractivity contribution is -0.181. The third-order valence-electron chi connectivity index (χ3n) is 11.9. The number of hydrogen-bond acceptors (Lipinski definition) is 10. The highest BCUT2D eigenvalue weighted by atomic mass is 16.3. The smallest absolute Gasteiger partial charge is 0.235 e. The summed E-state index contributed by atoms with van der Waals surface area (Å²) in [5.74, 6) is -9.29. The first-order valence-electron chi connectivity index (χ1n) is 17.1. The number of carbonyl (C=O) groups excluding carboxylic acids is 5. The molecule has 48 heavy (non-hydrogen) atoms. The van der Waals surface area contributed by atoms with E-state index >= 15 is 0 Å². The van der Waals surface area contributed by atoms with Crippen LogP contribution in [0.5, 0.6) is 5.75 Å². The van der Waals surface area contributed by atoms with Crippen LogP contribution in [0.3, 0.4) is 0 Å². The predicted octanol–water partition coefficient (Wildman–Crippen LogP) is 2.23. The van der Waals surface area contributed by atoms with E-state index < -0.39 is 64.4 Å². The summed E-state index contributed by atoms with van der Waals surface area (Å²) in [5.41, 5.74) is 6.63. The van der Waals surface area contributed by atoms with Crippen molar-refractivity contribution in [2.45, 2.75) is 69.4 Å². The van der Waals surface area contributed by atoms with Crippen molar-refractivity contribution < 1.29 is 39.3 Å². The molecule has 5 aliphatic carbocycles. The fourth-order valence-corrected chi connectivity index (χ4v) is 9.48. The van der Waals surface area contributed by atoms with Gasteiger partial charge in [0.05, 0.1) is 17.5 Å². The summed E-state index contributed by atoms with van der Waals surface area (Å²) in [4.78, 5) is 71.2. The van der Waals surface area contributed by atoms with Crippen LogP contribution in [0, 0.1) is 35.5 Å². The molecule has 2 unspecified atom stereocenters. The van der Waals surface area contributed by atoms with Crippen LogP contribution in [-0.4, -0.2) is 95.7 Å². The minimum absolute atomic E-state index is 0.0133. The zero-order valence-corrected chi connectivity index (χ0v) is 28.2. The number of nitrogens with zero attached hydrogens (tertiary/aromatic N) is 2. The Labute approximate surface area is 280 Å². The maximum Gasteiger partial charge on any atom is 0.235 e. The molecule has 1 aromatic rings. The molecule has 0 bridgehead atoms. The summed E-state index contributed by atoms with van der Waals surface area (Å²) >= 11 is 0. The van der Waals surface area contributed by atoms with Crippen LogP contribution in [0.25, 0.3) is 5.57 Å². The molecule has 0 spiro atoms. The molecular weight excluding hydrogens is 614 g/mol. The number of aromatic hydroxyl groups is 1. The van der Waals surface area contributed by atoms with Crippen LogP contribution in [0.2, 0.25) is 0 Å². The Hall–Kier alpha value is -3.67. The molecule has 6 rings (SSSR count). The summed E-state index contributed by atoms with van der Waals surface area (Å²) in [6, 6.07) is 0.751. The number of likely N-dealkylation sites (N-methyl/N-ethyl adjacent to an activating group) is 1. The summed E-state index contributed by atoms with van der Waals surface area (Å²) in [5, 5.41) is 33.0. The second kappa shape index (κ2) is 12.7. The molecule has 1 aromatic carbocycles. The Kier molecular flexibility index (Phi) is 9.02. The average Bonchev–Trinajstić information content (AvgIpc) is 3.47. The van der Waals surface area contributed by atoms with Gasteiger partial charge in [0, 0.05) is 37.9 Å². The van der Waals surface area contributed by atoms with Gasteiger partial charge in [0.15, 0.2) is 34.7 Å². The number of Topliss-reactive ketones (excluding diaryl/α,β-unsaturated/α-hetero) is 4. The highest BCUT2D eigenvalue weighted by Crippen LogP contribution is 2.53. The molecule has 258 valence electrons. The van der Waals surface area contributed by atoms with Gasteiger partial charge in [-0.05, 0) is 94.0 Å². The number of ketones is 4. The highest BCUT2D eigenvalue weighted by Gasteiger charge is 2.69. The van der Waals surface area contributed by atoms with Crippen molar-refractivity contribution in [2.75, 3.05) is 39.7 Å². The Morgan fingerprint density at radius 3 is 2.27 bits per heavy atom. The van der Waals surface area contributed by atoms with Crippen LogP contribution >= 0.6 is 0 Å². The largest absolute Gasteiger partial charge is 0.507 e. The van der Waals surface area contributed by atoms with Crippen molar-refractivity contribution in [3.05, 3.63) is 40.5 Å². The number of primary amides is 1. The zero-order valence-electron chi connectivity index (χ0n) is 28.2. The third kappa shape index (κ3) is 5.34. The Bertz CT molecular complexity index is 1630. The minimum Gasteiger partial charge on any atom is -0.507 e. The third-order valence-corrected chi connectivity index (χ3v) is 11.9. The van der Waals surface area contributed by atoms with Gasteiger partial charge in [-0.2, -0.15) is 0 Å². The highest BCUT2D eigenvalue weighted by molar-refractivity contribution is 6.32. The molecule has 0 aliphatic heterocycles. The van der Waals surface area contributed by atoms with Gasteiger partial charge >= 0.3 is 0 Å². The van der Waals surface area contributed by atoms with Gasteiger partial charge in [0.25, 0.3) is 0 Å². The fraction of sp³-hybridized carbons (Fsp3) is 0.595. The van der Waals surface area contributed by atoms with Crippen molar-refractivity contribution in [3.63, 3.8) is 0 Å². The number of aliphatic hydroxyl groups is 2. The maximum atomic E-state index is 14.4. The van der Waals surface area contributed by atoms with Crippen LogP contribution in [-0.2, 0) is 25.6 Å². The summed E-state index contributed by atoms with van der Waals surface area (Å²) in [6.07, 6.45) is 11.2. The van der Waals surface area contributed by atoms with Crippen LogP contribution in [0.1, 0.15) is 72.9 Å². The number of anilines is 1. The molecule has 0 aromatic heterocycles. The lowest BCUT2D eigenvalue weighted by Crippen LogP contribution is -2.74. The molecule has 11 heteroatoms. The number of phenolic OH excluding ortho intramolecular Hbond substituents is 1. The second-order valence-electron chi connectivity index (χ2n) is 15.1. The Morgan fingerprint density at radius 2 is 1.67 bits per heavy atom. The first-order valence-corrected chi connectivity index (χ1v) is 17.1. The predicted molar refractivity (Wildman–Crippen MR) is 178 cm³/mol. The van der Waals surface area contributed by atoms with Crippen molar-refractivity contribution in [1.82, 2.24) is 4.90 Å². The molecule has 0 saturated heterocycles. The quantitative estimate of drug-likeness (QED) is 0.302. The number of amides is 1. The zero-order chi connectivity index (χ0) is 34.8. The first-order chi connectivity index (χ1) is 22.7. The second-order valence-corrected chi connectivity index (χ2v) is 15.1. The first kappa shape index (κ1) is 34.2. The number of rotatable bonds is 8. The van der Waals surface area contributed by atoms with E-state index in [0.29, 0.717) is 29.4 Å². The van der Waals surface area contributed by atoms with E-state index in [1.165, 1.54) is 10.5 Å². The number of hydrogen-bond donors (Lipinski definition) is 4. The van der Waals surface area contributed by atoms with E-state index in [2.05, 4.69) is 6.08 Å². The number of benzene rings is 1. The van der Waals surface area contributed by atoms with E-state index in [4.69, 9.17) is 5.73 Å². The number of nitrogens with two attached hydrogens (primary N) is 1. The van der Waals surface area contributed by atoms with E-state index in [9.17, 15) is 39.3 Å². The molecule has 3 fully saturated rings. The van der Waals surface area contributed by atoms with Gasteiger partial charge in [-0.15, -0.1) is 0 Å². The van der Waals surface area contributed by atoms with Crippen molar-refractivity contribution in [1.29, 1.82) is 0 Å². The Morgan fingerprint density at radius 1 is 1.00 bits per heavy atom. The van der Waals surface area contributed by atoms with Crippen LogP contribution in [0.15, 0.2) is 23.8 Å². The number of fused-ring (bicyclic) bond motifs is 3. The lowest BCUT2D eigenvalue weighted by atomic mass is 9.52. The SMILES string of the molecule is CN(C)c1cc(C2=CC=C(CC3CCC(CCO)CC3)C2)c(O)c2c1C[C@H]1C[C@H]3[C@H](N(C)C)C(=O)C(C(N)=O)C(=O)[C@@]3(O)C(=O)C1C2=O. The molecule has 3 saturated carbocycles. The van der Waals surface area contributed by atoms with E-state index in [1.54, 1.807) is 14.1 Å². The lowest BCUT2D eigenvalue weighted by Gasteiger charge is -2.52. The molecule has 6 atom stereocenters. The van der Waals surface area contributed by atoms with Gasteiger partial charge in [0.1, 0.15) is 5.75 Å². The number of allylic oxidation sites excluding steroid dienone is 4. The molecule has 11 nitrogen and oxygen atoms in total. The summed E-state index contributed by atoms with van der Waals surface area (Å²) in [7, 11) is 6.84. The number of phenols is 1. The molecule has 0 heterocycles. The minimum atomic E-state index is -2.75. The van der Waals surface area contributed by atoms with Gasteiger partial charge in [-0.25, -0.2) is 0 Å². The van der Waals surface area contributed by atoms with E-state index in [1.807, 2.05) is 31.1 Å². The molecular formula is C37H47N3O8. The van der Waals surface area contributed by atoms with Gasteiger partial charge < -0.3 is 26.0 Å². The molecule has 5 N–H and O–H groups in total. The molecule has 5 aliphatic rings. The van der Waals surface area contributed by atoms with Crippen LogP contribution in [0.4, 0.5) is 5.69 Å². The fourth-order valence-electron chi connectivity index (χ4n) is 9.48. The normalized spacial score (nSPS) is 33.2. The monoisotopic (exact) mass is 661 g/mol. The molecule has 1 amide bonds. The number of carbonyl (C=O) groups is 5. The van der Waals surface area contributed by atoms with Crippen molar-refractivity contribution in [2.24, 2.45) is 41.2 Å². The average molecular weight is 662 g/mol. The molecule has 0 radical (unpaired) electrons. The maximum absolute atomic E-state index is 14.4. The van der Waals surface area contributed by atoms with E-state index in [0.717, 1.165) is 49.8 Å². The van der Waals surface area contributed by atoms with Crippen molar-refractivity contribution >= 4 is 40.3 Å². The van der Waals surface area contributed by atoms with Crippen molar-refractivity contribution in [3.8, 4) is 5.75 Å². The van der Waals surface area contributed by atoms with Gasteiger partial charge in [-0.1, -0.05) is 30.6 Å².